The van der Waals surface area contributed by atoms with Gasteiger partial charge in [0.1, 0.15) is 0 Å². The number of hydrogen-bond acceptors (Lipinski definition) is 3. The molecule has 0 atom stereocenters. The Labute approximate surface area is 154 Å². The highest BCUT2D eigenvalue weighted by Crippen LogP contribution is 2.27. The summed E-state index contributed by atoms with van der Waals surface area (Å²) in [7, 11) is 0. The number of hydrazone groups is 1. The molecule has 3 nitrogen and oxygen atoms in total. The van der Waals surface area contributed by atoms with Gasteiger partial charge in [-0.2, -0.15) is 5.10 Å². The molecular weight excluding hydrogens is 318 g/mol. The van der Waals surface area contributed by atoms with E-state index in [9.17, 15) is 0 Å². The molecule has 128 valence electrons. The summed E-state index contributed by atoms with van der Waals surface area (Å²) in [4.78, 5) is 4.86. The van der Waals surface area contributed by atoms with Crippen LogP contribution in [0, 0.1) is 20.8 Å². The first-order chi connectivity index (χ1) is 12.6. The minimum Gasteiger partial charge on any atom is -0.260 e. The van der Waals surface area contributed by atoms with E-state index in [-0.39, 0.29) is 0 Å². The molecule has 0 radical (unpaired) electrons. The fourth-order valence-electron chi connectivity index (χ4n) is 3.02. The van der Waals surface area contributed by atoms with E-state index in [1.54, 1.807) is 0 Å². The molecule has 0 bridgehead atoms. The summed E-state index contributed by atoms with van der Waals surface area (Å²) in [5, 5.41) is 4.72. The van der Waals surface area contributed by atoms with Gasteiger partial charge in [0, 0.05) is 16.7 Å². The van der Waals surface area contributed by atoms with Crippen LogP contribution in [0.2, 0.25) is 0 Å². The predicted molar refractivity (Wildman–Crippen MR) is 109 cm³/mol. The lowest BCUT2D eigenvalue weighted by Crippen LogP contribution is -2.19. The molecule has 0 saturated carbocycles. The van der Waals surface area contributed by atoms with Gasteiger partial charge in [0.15, 0.2) is 5.84 Å². The molecule has 3 heteroatoms. The largest absolute Gasteiger partial charge is 0.260 e. The molecule has 0 fully saturated rings. The molecule has 1 N–H and O–H groups in total. The van der Waals surface area contributed by atoms with E-state index in [0.717, 1.165) is 33.9 Å². The molecule has 0 amide bonds. The number of benzene rings is 3. The molecule has 0 unspecified atom stereocenters. The highest BCUT2D eigenvalue weighted by atomic mass is 15.3. The maximum Gasteiger partial charge on any atom is 0.154 e. The molecular formula is C23H21N3. The summed E-state index contributed by atoms with van der Waals surface area (Å²) < 4.78 is 0. The number of hydrogen-bond donors (Lipinski definition) is 1. The number of fused-ring (bicyclic) bond motifs is 1. The predicted octanol–water partition coefficient (Wildman–Crippen LogP) is 5.05. The van der Waals surface area contributed by atoms with Gasteiger partial charge >= 0.3 is 0 Å². The second-order valence-corrected chi connectivity index (χ2v) is 6.79. The van der Waals surface area contributed by atoms with E-state index in [1.165, 1.54) is 16.7 Å². The van der Waals surface area contributed by atoms with Gasteiger partial charge < -0.3 is 0 Å². The van der Waals surface area contributed by atoms with E-state index >= 15 is 0 Å². The van der Waals surface area contributed by atoms with E-state index in [2.05, 4.69) is 92.9 Å². The van der Waals surface area contributed by atoms with Crippen LogP contribution >= 0.6 is 0 Å². The van der Waals surface area contributed by atoms with E-state index in [1.807, 2.05) is 0 Å². The van der Waals surface area contributed by atoms with Gasteiger partial charge in [0.05, 0.1) is 11.4 Å². The summed E-state index contributed by atoms with van der Waals surface area (Å²) in [6, 6.07) is 23.1. The Balaban J connectivity index is 1.85. The topological polar surface area (TPSA) is 36.8 Å². The van der Waals surface area contributed by atoms with Gasteiger partial charge in [-0.05, 0) is 32.9 Å². The lowest BCUT2D eigenvalue weighted by molar-refractivity contribution is 1.03. The fraction of sp³-hybridized carbons (Fsp3) is 0.130. The molecule has 4 rings (SSSR count). The maximum absolute atomic E-state index is 4.86. The van der Waals surface area contributed by atoms with Crippen LogP contribution in [0.15, 0.2) is 76.8 Å². The number of aryl methyl sites for hydroxylation is 3. The van der Waals surface area contributed by atoms with Gasteiger partial charge in [0.2, 0.25) is 0 Å². The standard InChI is InChI=1S/C23H21N3/c1-15-4-9-18(10-5-15)22-20-14-17(3)8-13-21(20)24-23(26-25-22)19-11-6-16(2)7-12-19/h4-14H,1-3H3,(H,24,26). The van der Waals surface area contributed by atoms with Gasteiger partial charge in [-0.25, -0.2) is 4.99 Å². The Hall–Kier alpha value is -3.20. The molecule has 1 aliphatic rings. The van der Waals surface area contributed by atoms with Gasteiger partial charge in [-0.1, -0.05) is 71.3 Å². The van der Waals surface area contributed by atoms with Crippen LogP contribution < -0.4 is 5.43 Å². The molecule has 3 aromatic carbocycles. The first-order valence-electron chi connectivity index (χ1n) is 8.78. The Morgan fingerprint density at radius 1 is 0.654 bits per heavy atom. The van der Waals surface area contributed by atoms with Crippen LogP contribution in [0.5, 0.6) is 0 Å². The van der Waals surface area contributed by atoms with E-state index in [4.69, 9.17) is 10.1 Å². The van der Waals surface area contributed by atoms with Gasteiger partial charge in [-0.15, -0.1) is 0 Å². The van der Waals surface area contributed by atoms with Crippen molar-refractivity contribution < 1.29 is 0 Å². The molecule has 1 heterocycles. The summed E-state index contributed by atoms with van der Waals surface area (Å²) in [6.07, 6.45) is 0. The Kier molecular flexibility index (Phi) is 4.13. The highest BCUT2D eigenvalue weighted by Gasteiger charge is 2.17. The molecule has 0 aliphatic carbocycles. The second kappa shape index (κ2) is 6.60. The molecule has 0 aromatic heterocycles. The van der Waals surface area contributed by atoms with E-state index < -0.39 is 0 Å². The van der Waals surface area contributed by atoms with Crippen molar-refractivity contribution in [3.05, 3.63) is 100 Å². The van der Waals surface area contributed by atoms with Crippen molar-refractivity contribution in [1.82, 2.24) is 5.43 Å². The average molecular weight is 339 g/mol. The van der Waals surface area contributed by atoms with Crippen molar-refractivity contribution in [3.63, 3.8) is 0 Å². The van der Waals surface area contributed by atoms with Crippen LogP contribution in [0.4, 0.5) is 5.69 Å². The average Bonchev–Trinajstić information content (AvgIpc) is 2.83. The quantitative estimate of drug-likeness (QED) is 0.697. The van der Waals surface area contributed by atoms with Crippen molar-refractivity contribution in [2.24, 2.45) is 10.1 Å². The monoisotopic (exact) mass is 339 g/mol. The van der Waals surface area contributed by atoms with Crippen molar-refractivity contribution in [1.29, 1.82) is 0 Å². The third-order valence-electron chi connectivity index (χ3n) is 4.56. The first kappa shape index (κ1) is 16.3. The Bertz CT molecular complexity index is 1010. The molecule has 0 saturated heterocycles. The van der Waals surface area contributed by atoms with Crippen molar-refractivity contribution in [2.75, 3.05) is 0 Å². The number of rotatable bonds is 2. The van der Waals surface area contributed by atoms with Gasteiger partial charge in [-0.3, -0.25) is 5.43 Å². The van der Waals surface area contributed by atoms with Crippen molar-refractivity contribution in [2.45, 2.75) is 20.8 Å². The fourth-order valence-corrected chi connectivity index (χ4v) is 3.02. The smallest absolute Gasteiger partial charge is 0.154 e. The third-order valence-corrected chi connectivity index (χ3v) is 4.56. The minimum atomic E-state index is 0.761. The lowest BCUT2D eigenvalue weighted by atomic mass is 9.98. The molecule has 3 aromatic rings. The summed E-state index contributed by atoms with van der Waals surface area (Å²) in [5.41, 5.74) is 11.8. The van der Waals surface area contributed by atoms with Crippen LogP contribution in [0.25, 0.3) is 0 Å². The number of nitrogens with zero attached hydrogens (tertiary/aromatic N) is 2. The zero-order valence-corrected chi connectivity index (χ0v) is 15.2. The molecule has 26 heavy (non-hydrogen) atoms. The van der Waals surface area contributed by atoms with E-state index in [0.29, 0.717) is 0 Å². The lowest BCUT2D eigenvalue weighted by Gasteiger charge is -2.09. The summed E-state index contributed by atoms with van der Waals surface area (Å²) in [5.74, 6) is 0.761. The Morgan fingerprint density at radius 2 is 1.23 bits per heavy atom. The van der Waals surface area contributed by atoms with Crippen molar-refractivity contribution >= 4 is 17.2 Å². The zero-order chi connectivity index (χ0) is 18.1. The molecule has 0 spiro atoms. The summed E-state index contributed by atoms with van der Waals surface area (Å²) in [6.45, 7) is 6.27. The summed E-state index contributed by atoms with van der Waals surface area (Å²) >= 11 is 0. The van der Waals surface area contributed by atoms with Crippen LogP contribution in [-0.4, -0.2) is 11.5 Å². The number of nitrogens with one attached hydrogen (secondary N) is 1. The second-order valence-electron chi connectivity index (χ2n) is 6.79. The van der Waals surface area contributed by atoms with Gasteiger partial charge in [0.25, 0.3) is 0 Å². The number of amidine groups is 1. The minimum absolute atomic E-state index is 0.761. The van der Waals surface area contributed by atoms with Crippen LogP contribution in [0.3, 0.4) is 0 Å². The molecule has 1 aliphatic heterocycles. The number of aliphatic imine (C=N–C) groups is 1. The van der Waals surface area contributed by atoms with Crippen LogP contribution in [-0.2, 0) is 0 Å². The zero-order valence-electron chi connectivity index (χ0n) is 15.2. The normalized spacial score (nSPS) is 13.2. The highest BCUT2D eigenvalue weighted by molar-refractivity contribution is 6.18. The van der Waals surface area contributed by atoms with Crippen molar-refractivity contribution in [3.8, 4) is 0 Å². The maximum atomic E-state index is 4.86. The van der Waals surface area contributed by atoms with Crippen LogP contribution in [0.1, 0.15) is 33.4 Å². The Morgan fingerprint density at radius 3 is 1.88 bits per heavy atom. The SMILES string of the molecule is Cc1ccc(C2=Nc3ccc(C)cc3C(c3ccc(C)cc3)=NN2)cc1. The third kappa shape index (κ3) is 3.16. The first-order valence-corrected chi connectivity index (χ1v) is 8.78.